The van der Waals surface area contributed by atoms with Crippen LogP contribution in [0.1, 0.15) is 5.82 Å². The number of sulfone groups is 1. The molecule has 0 bridgehead atoms. The van der Waals surface area contributed by atoms with Crippen molar-refractivity contribution in [1.82, 2.24) is 24.7 Å². The van der Waals surface area contributed by atoms with Gasteiger partial charge >= 0.3 is 0 Å². The van der Waals surface area contributed by atoms with E-state index in [1.54, 1.807) is 30.5 Å². The second-order valence-corrected chi connectivity index (χ2v) is 9.28. The molecular weight excluding hydrogens is 390 g/mol. The summed E-state index contributed by atoms with van der Waals surface area (Å²) in [6.07, 6.45) is 5.59. The van der Waals surface area contributed by atoms with Gasteiger partial charge in [0, 0.05) is 37.5 Å². The molecule has 4 aromatic rings. The number of hydrogen-bond donors (Lipinski definition) is 2. The van der Waals surface area contributed by atoms with Gasteiger partial charge in [0.05, 0.1) is 40.5 Å². The third-order valence-corrected chi connectivity index (χ3v) is 6.34. The maximum Gasteiger partial charge on any atom is 0.175 e. The first-order valence-corrected chi connectivity index (χ1v) is 11.4. The molecule has 0 saturated carbocycles. The second kappa shape index (κ2) is 6.94. The van der Waals surface area contributed by atoms with Crippen molar-refractivity contribution >= 4 is 26.5 Å². The Morgan fingerprint density at radius 3 is 2.76 bits per heavy atom. The Bertz CT molecular complexity index is 1290. The number of imidazole rings is 1. The lowest BCUT2D eigenvalue weighted by atomic mass is 10.1. The number of fused-ring (bicyclic) bond motifs is 3. The number of rotatable bonds is 4. The highest BCUT2D eigenvalue weighted by Crippen LogP contribution is 2.29. The topological polar surface area (TPSA) is 101 Å². The molecule has 0 amide bonds. The summed E-state index contributed by atoms with van der Waals surface area (Å²) >= 11 is 0. The first kappa shape index (κ1) is 18.3. The van der Waals surface area contributed by atoms with Crippen LogP contribution in [0.3, 0.4) is 0 Å². The maximum absolute atomic E-state index is 11.8. The summed E-state index contributed by atoms with van der Waals surface area (Å²) in [7, 11) is -3.25. The molecule has 4 heterocycles. The van der Waals surface area contributed by atoms with Gasteiger partial charge in [-0.25, -0.2) is 18.4 Å². The third-order valence-electron chi connectivity index (χ3n) is 5.21. The molecule has 5 rings (SSSR count). The Morgan fingerprint density at radius 1 is 1.21 bits per heavy atom. The van der Waals surface area contributed by atoms with Crippen molar-refractivity contribution in [3.05, 3.63) is 48.5 Å². The summed E-state index contributed by atoms with van der Waals surface area (Å²) < 4.78 is 31.6. The number of benzene rings is 1. The fourth-order valence-electron chi connectivity index (χ4n) is 3.79. The number of H-pyrrole nitrogens is 1. The van der Waals surface area contributed by atoms with Crippen LogP contribution in [-0.2, 0) is 21.0 Å². The van der Waals surface area contributed by atoms with E-state index in [-0.39, 0.29) is 11.0 Å². The molecule has 3 aromatic heterocycles. The zero-order valence-electron chi connectivity index (χ0n) is 15.9. The molecular formula is C20H21N5O3S. The first-order chi connectivity index (χ1) is 14.0. The second-order valence-electron chi connectivity index (χ2n) is 7.26. The molecule has 1 aliphatic rings. The smallest absolute Gasteiger partial charge is 0.175 e. The minimum absolute atomic E-state index is 0.0527. The number of morpholine rings is 1. The van der Waals surface area contributed by atoms with Gasteiger partial charge in [-0.05, 0) is 18.2 Å². The van der Waals surface area contributed by atoms with Crippen molar-refractivity contribution < 1.29 is 13.2 Å². The van der Waals surface area contributed by atoms with E-state index in [1.807, 2.05) is 12.3 Å². The van der Waals surface area contributed by atoms with Crippen molar-refractivity contribution in [2.75, 3.05) is 26.0 Å². The number of hydrogen-bond acceptors (Lipinski definition) is 6. The summed E-state index contributed by atoms with van der Waals surface area (Å²) in [6.45, 7) is 2.34. The molecule has 1 saturated heterocycles. The van der Waals surface area contributed by atoms with Crippen LogP contribution in [0.4, 0.5) is 0 Å². The zero-order valence-corrected chi connectivity index (χ0v) is 16.7. The Morgan fingerprint density at radius 2 is 2.03 bits per heavy atom. The molecule has 1 fully saturated rings. The van der Waals surface area contributed by atoms with E-state index in [1.165, 1.54) is 6.26 Å². The maximum atomic E-state index is 11.8. The summed E-state index contributed by atoms with van der Waals surface area (Å²) in [6, 6.07) is 8.81. The van der Waals surface area contributed by atoms with E-state index >= 15 is 0 Å². The van der Waals surface area contributed by atoms with E-state index in [2.05, 4.69) is 19.7 Å². The van der Waals surface area contributed by atoms with E-state index in [0.29, 0.717) is 13.0 Å². The van der Waals surface area contributed by atoms with Gasteiger partial charge in [0.2, 0.25) is 0 Å². The summed E-state index contributed by atoms with van der Waals surface area (Å²) in [5.41, 5.74) is 4.24. The SMILES string of the molecule is CS(=O)(=O)c1ccc(-c2nc(CC3CNCCO3)n3c2cnc2[nH]ccc23)cc1. The lowest BCUT2D eigenvalue weighted by Gasteiger charge is -2.23. The first-order valence-electron chi connectivity index (χ1n) is 9.47. The molecule has 29 heavy (non-hydrogen) atoms. The Labute approximate surface area is 167 Å². The lowest BCUT2D eigenvalue weighted by Crippen LogP contribution is -2.39. The fourth-order valence-corrected chi connectivity index (χ4v) is 4.43. The molecule has 0 radical (unpaired) electrons. The predicted octanol–water partition coefficient (Wildman–Crippen LogP) is 1.81. The van der Waals surface area contributed by atoms with Crippen LogP contribution in [0.25, 0.3) is 27.9 Å². The molecule has 1 aliphatic heterocycles. The fraction of sp³-hybridized carbons (Fsp3) is 0.300. The lowest BCUT2D eigenvalue weighted by molar-refractivity contribution is 0.0280. The summed E-state index contributed by atoms with van der Waals surface area (Å²) in [5, 5.41) is 3.36. The van der Waals surface area contributed by atoms with Gasteiger partial charge in [-0.2, -0.15) is 0 Å². The summed E-state index contributed by atoms with van der Waals surface area (Å²) in [4.78, 5) is 12.9. The van der Waals surface area contributed by atoms with Crippen LogP contribution in [0.2, 0.25) is 0 Å². The van der Waals surface area contributed by atoms with Crippen molar-refractivity contribution in [3.8, 4) is 11.3 Å². The van der Waals surface area contributed by atoms with Crippen molar-refractivity contribution in [1.29, 1.82) is 0 Å². The van der Waals surface area contributed by atoms with Crippen molar-refractivity contribution in [3.63, 3.8) is 0 Å². The van der Waals surface area contributed by atoms with Crippen LogP contribution in [0, 0.1) is 0 Å². The molecule has 1 unspecified atom stereocenters. The van der Waals surface area contributed by atoms with Gasteiger partial charge < -0.3 is 15.0 Å². The van der Waals surface area contributed by atoms with E-state index in [4.69, 9.17) is 9.72 Å². The molecule has 9 heteroatoms. The molecule has 8 nitrogen and oxygen atoms in total. The van der Waals surface area contributed by atoms with Crippen LogP contribution in [0.5, 0.6) is 0 Å². The molecule has 1 atom stereocenters. The minimum Gasteiger partial charge on any atom is -0.375 e. The largest absolute Gasteiger partial charge is 0.375 e. The normalized spacial score (nSPS) is 17.9. The molecule has 150 valence electrons. The van der Waals surface area contributed by atoms with Crippen molar-refractivity contribution in [2.45, 2.75) is 17.4 Å². The standard InChI is InChI=1S/C20H21N5O3S/c1-29(26,27)15-4-2-13(3-5-15)19-17-12-23-20-16(6-7-22-20)25(17)18(24-19)10-14-11-21-8-9-28-14/h2-7,12,14,21-22H,8-11H2,1H3. The average Bonchev–Trinajstić information content (AvgIpc) is 3.33. The van der Waals surface area contributed by atoms with Crippen molar-refractivity contribution in [2.24, 2.45) is 0 Å². The van der Waals surface area contributed by atoms with Gasteiger partial charge in [-0.15, -0.1) is 0 Å². The van der Waals surface area contributed by atoms with Gasteiger partial charge in [0.25, 0.3) is 0 Å². The third kappa shape index (κ3) is 3.31. The molecule has 1 aromatic carbocycles. The monoisotopic (exact) mass is 411 g/mol. The van der Waals surface area contributed by atoms with Gasteiger partial charge in [-0.3, -0.25) is 4.40 Å². The zero-order chi connectivity index (χ0) is 20.0. The number of aromatic amines is 1. The quantitative estimate of drug-likeness (QED) is 0.531. The Kier molecular flexibility index (Phi) is 4.38. The summed E-state index contributed by atoms with van der Waals surface area (Å²) in [5.74, 6) is 0.892. The molecule has 2 N–H and O–H groups in total. The van der Waals surface area contributed by atoms with Gasteiger partial charge in [0.1, 0.15) is 5.82 Å². The highest BCUT2D eigenvalue weighted by Gasteiger charge is 2.21. The van der Waals surface area contributed by atoms with Gasteiger partial charge in [0.15, 0.2) is 15.5 Å². The van der Waals surface area contributed by atoms with E-state index < -0.39 is 9.84 Å². The highest BCUT2D eigenvalue weighted by molar-refractivity contribution is 7.90. The highest BCUT2D eigenvalue weighted by atomic mass is 32.2. The number of nitrogens with one attached hydrogen (secondary N) is 2. The van der Waals surface area contributed by atoms with Crippen LogP contribution < -0.4 is 5.32 Å². The van der Waals surface area contributed by atoms with Crippen LogP contribution in [-0.4, -0.2) is 59.8 Å². The predicted molar refractivity (Wildman–Crippen MR) is 110 cm³/mol. The Hall–Kier alpha value is -2.75. The van der Waals surface area contributed by atoms with E-state index in [0.717, 1.165) is 46.9 Å². The molecule has 0 aliphatic carbocycles. The number of ether oxygens (including phenoxy) is 1. The minimum atomic E-state index is -3.25. The molecule has 0 spiro atoms. The van der Waals surface area contributed by atoms with Gasteiger partial charge in [-0.1, -0.05) is 12.1 Å². The van der Waals surface area contributed by atoms with Crippen LogP contribution >= 0.6 is 0 Å². The Balaban J connectivity index is 1.65. The van der Waals surface area contributed by atoms with E-state index in [9.17, 15) is 8.42 Å². The number of aromatic nitrogens is 4. The number of nitrogens with zero attached hydrogens (tertiary/aromatic N) is 3. The van der Waals surface area contributed by atoms with Crippen LogP contribution in [0.15, 0.2) is 47.6 Å². The average molecular weight is 411 g/mol.